The number of hydrogen-bond donors (Lipinski definition) is 1. The molecule has 0 aliphatic carbocycles. The van der Waals surface area contributed by atoms with Crippen LogP contribution in [0, 0.1) is 0 Å². The molecule has 0 aromatic carbocycles. The summed E-state index contributed by atoms with van der Waals surface area (Å²) in [6.45, 7) is 1.61. The molecule has 4 nitrogen and oxygen atoms in total. The van der Waals surface area contributed by atoms with Crippen molar-refractivity contribution in [3.8, 4) is 0 Å². The SMILES string of the molecule is COC[C@@H]1CCCN1NC(=O)CCCCCl. The lowest BCUT2D eigenvalue weighted by molar-refractivity contribution is -0.126. The average Bonchev–Trinajstić information content (AvgIpc) is 2.67. The summed E-state index contributed by atoms with van der Waals surface area (Å²) in [5.41, 5.74) is 2.94. The second-order valence-corrected chi connectivity index (χ2v) is 4.50. The molecular formula is C11H21ClN2O2. The van der Waals surface area contributed by atoms with E-state index in [1.165, 1.54) is 0 Å². The second kappa shape index (κ2) is 7.87. The van der Waals surface area contributed by atoms with Crippen molar-refractivity contribution in [1.82, 2.24) is 10.4 Å². The zero-order valence-corrected chi connectivity index (χ0v) is 10.6. The average molecular weight is 249 g/mol. The number of halogens is 1. The highest BCUT2D eigenvalue weighted by Gasteiger charge is 2.25. The third-order valence-electron chi connectivity index (χ3n) is 2.79. The van der Waals surface area contributed by atoms with Gasteiger partial charge in [0.2, 0.25) is 5.91 Å². The van der Waals surface area contributed by atoms with Gasteiger partial charge in [0.05, 0.1) is 12.6 Å². The number of ether oxygens (including phenoxy) is 1. The van der Waals surface area contributed by atoms with Gasteiger partial charge in [0.1, 0.15) is 0 Å². The van der Waals surface area contributed by atoms with Crippen molar-refractivity contribution in [3.05, 3.63) is 0 Å². The summed E-state index contributed by atoms with van der Waals surface area (Å²) in [5, 5.41) is 2.01. The smallest absolute Gasteiger partial charge is 0.234 e. The van der Waals surface area contributed by atoms with E-state index in [-0.39, 0.29) is 5.91 Å². The minimum atomic E-state index is 0.0909. The third-order valence-corrected chi connectivity index (χ3v) is 3.06. The Morgan fingerprint density at radius 2 is 2.38 bits per heavy atom. The first kappa shape index (κ1) is 13.7. The van der Waals surface area contributed by atoms with E-state index in [4.69, 9.17) is 16.3 Å². The van der Waals surface area contributed by atoms with Crippen LogP contribution in [-0.4, -0.2) is 43.1 Å². The molecule has 0 spiro atoms. The fourth-order valence-corrected chi connectivity index (χ4v) is 2.13. The van der Waals surface area contributed by atoms with Crippen LogP contribution in [0.5, 0.6) is 0 Å². The number of methoxy groups -OCH3 is 1. The summed E-state index contributed by atoms with van der Waals surface area (Å²) < 4.78 is 5.13. The molecular weight excluding hydrogens is 228 g/mol. The van der Waals surface area contributed by atoms with Gasteiger partial charge in [-0.25, -0.2) is 5.01 Å². The van der Waals surface area contributed by atoms with E-state index in [1.807, 2.05) is 5.01 Å². The van der Waals surface area contributed by atoms with Crippen molar-refractivity contribution in [3.63, 3.8) is 0 Å². The molecule has 0 saturated carbocycles. The van der Waals surface area contributed by atoms with Crippen molar-refractivity contribution in [2.45, 2.75) is 38.1 Å². The van der Waals surface area contributed by atoms with Gasteiger partial charge in [-0.1, -0.05) is 0 Å². The lowest BCUT2D eigenvalue weighted by Crippen LogP contribution is -2.46. The molecule has 1 aliphatic rings. The Morgan fingerprint density at radius 3 is 3.06 bits per heavy atom. The minimum absolute atomic E-state index is 0.0909. The second-order valence-electron chi connectivity index (χ2n) is 4.13. The Balaban J connectivity index is 2.21. The predicted octanol–water partition coefficient (Wildman–Crippen LogP) is 1.54. The van der Waals surface area contributed by atoms with Crippen LogP contribution in [0.1, 0.15) is 32.1 Å². The summed E-state index contributed by atoms with van der Waals surface area (Å²) in [7, 11) is 1.69. The number of carbonyl (C=O) groups excluding carboxylic acids is 1. The summed E-state index contributed by atoms with van der Waals surface area (Å²) in [5.74, 6) is 0.719. The van der Waals surface area contributed by atoms with E-state index in [1.54, 1.807) is 7.11 Å². The highest BCUT2D eigenvalue weighted by molar-refractivity contribution is 6.17. The number of alkyl halides is 1. The number of carbonyl (C=O) groups is 1. The van der Waals surface area contributed by atoms with Crippen molar-refractivity contribution < 1.29 is 9.53 Å². The number of hydrogen-bond acceptors (Lipinski definition) is 3. The van der Waals surface area contributed by atoms with E-state index < -0.39 is 0 Å². The highest BCUT2D eigenvalue weighted by Crippen LogP contribution is 2.14. The van der Waals surface area contributed by atoms with Crippen molar-refractivity contribution in [2.75, 3.05) is 26.1 Å². The van der Waals surface area contributed by atoms with Gasteiger partial charge in [0.25, 0.3) is 0 Å². The summed E-state index contributed by atoms with van der Waals surface area (Å²) in [6.07, 6.45) is 4.53. The van der Waals surface area contributed by atoms with Gasteiger partial charge >= 0.3 is 0 Å². The normalized spacial score (nSPS) is 21.2. The number of nitrogens with zero attached hydrogens (tertiary/aromatic N) is 1. The maximum atomic E-state index is 11.6. The minimum Gasteiger partial charge on any atom is -0.383 e. The molecule has 0 unspecified atom stereocenters. The molecule has 1 amide bonds. The zero-order chi connectivity index (χ0) is 11.8. The van der Waals surface area contributed by atoms with Crippen LogP contribution in [0.4, 0.5) is 0 Å². The van der Waals surface area contributed by atoms with E-state index in [0.717, 1.165) is 32.2 Å². The van der Waals surface area contributed by atoms with E-state index >= 15 is 0 Å². The van der Waals surface area contributed by atoms with Crippen LogP contribution in [0.25, 0.3) is 0 Å². The van der Waals surface area contributed by atoms with Crippen LogP contribution in [0.3, 0.4) is 0 Å². The molecule has 1 fully saturated rings. The first-order valence-electron chi connectivity index (χ1n) is 5.89. The van der Waals surface area contributed by atoms with E-state index in [2.05, 4.69) is 5.43 Å². The Labute approximate surface area is 102 Å². The van der Waals surface area contributed by atoms with E-state index in [0.29, 0.717) is 24.9 Å². The van der Waals surface area contributed by atoms with Crippen molar-refractivity contribution >= 4 is 17.5 Å². The molecule has 1 N–H and O–H groups in total. The van der Waals surface area contributed by atoms with Crippen LogP contribution in [-0.2, 0) is 9.53 Å². The Morgan fingerprint density at radius 1 is 1.56 bits per heavy atom. The zero-order valence-electron chi connectivity index (χ0n) is 9.88. The van der Waals surface area contributed by atoms with Gasteiger partial charge in [-0.3, -0.25) is 10.2 Å². The van der Waals surface area contributed by atoms with E-state index in [9.17, 15) is 4.79 Å². The molecule has 1 aliphatic heterocycles. The van der Waals surface area contributed by atoms with Crippen LogP contribution < -0.4 is 5.43 Å². The monoisotopic (exact) mass is 248 g/mol. The predicted molar refractivity (Wildman–Crippen MR) is 64.3 cm³/mol. The Kier molecular flexibility index (Phi) is 6.76. The maximum Gasteiger partial charge on any atom is 0.234 e. The number of unbranched alkanes of at least 4 members (excludes halogenated alkanes) is 1. The van der Waals surface area contributed by atoms with Gasteiger partial charge < -0.3 is 4.74 Å². The van der Waals surface area contributed by atoms with Crippen LogP contribution >= 0.6 is 11.6 Å². The first-order chi connectivity index (χ1) is 7.77. The molecule has 1 rings (SSSR count). The summed E-state index contributed by atoms with van der Waals surface area (Å²) in [4.78, 5) is 11.6. The number of amides is 1. The van der Waals surface area contributed by atoms with Gasteiger partial charge in [-0.2, -0.15) is 0 Å². The number of nitrogens with one attached hydrogen (secondary N) is 1. The fraction of sp³-hybridized carbons (Fsp3) is 0.909. The van der Waals surface area contributed by atoms with Crippen LogP contribution in [0.2, 0.25) is 0 Å². The van der Waals surface area contributed by atoms with Crippen molar-refractivity contribution in [2.24, 2.45) is 0 Å². The Hall–Kier alpha value is -0.320. The topological polar surface area (TPSA) is 41.6 Å². The lowest BCUT2D eigenvalue weighted by Gasteiger charge is -2.24. The fourth-order valence-electron chi connectivity index (χ4n) is 1.94. The maximum absolute atomic E-state index is 11.6. The molecule has 16 heavy (non-hydrogen) atoms. The van der Waals surface area contributed by atoms with Gasteiger partial charge in [0.15, 0.2) is 0 Å². The molecule has 0 radical (unpaired) electrons. The highest BCUT2D eigenvalue weighted by atomic mass is 35.5. The molecule has 94 valence electrons. The summed E-state index contributed by atoms with van der Waals surface area (Å²) >= 11 is 5.56. The van der Waals surface area contributed by atoms with Crippen molar-refractivity contribution in [1.29, 1.82) is 0 Å². The molecule has 0 aromatic rings. The molecule has 1 heterocycles. The number of hydrazine groups is 1. The van der Waals surface area contributed by atoms with Crippen LogP contribution in [0.15, 0.2) is 0 Å². The molecule has 5 heteroatoms. The largest absolute Gasteiger partial charge is 0.383 e. The molecule has 0 bridgehead atoms. The quantitative estimate of drug-likeness (QED) is 0.549. The molecule has 0 aromatic heterocycles. The molecule has 1 saturated heterocycles. The van der Waals surface area contributed by atoms with Gasteiger partial charge in [0, 0.05) is 26.0 Å². The lowest BCUT2D eigenvalue weighted by atomic mass is 10.2. The third kappa shape index (κ3) is 4.68. The Bertz CT molecular complexity index is 214. The standard InChI is InChI=1S/C11H21ClN2O2/c1-16-9-10-5-4-8-14(10)13-11(15)6-2-3-7-12/h10H,2-9H2,1H3,(H,13,15)/t10-/m0/s1. The number of rotatable bonds is 7. The van der Waals surface area contributed by atoms with Gasteiger partial charge in [-0.05, 0) is 25.7 Å². The van der Waals surface area contributed by atoms with Gasteiger partial charge in [-0.15, -0.1) is 11.6 Å². The first-order valence-corrected chi connectivity index (χ1v) is 6.42. The molecule has 1 atom stereocenters. The summed E-state index contributed by atoms with van der Waals surface area (Å²) in [6, 6.07) is 0.335.